The summed E-state index contributed by atoms with van der Waals surface area (Å²) in [6.07, 6.45) is 0.200. The van der Waals surface area contributed by atoms with Crippen molar-refractivity contribution in [3.8, 4) is 0 Å². The SMILES string of the molecule is NC(C(=O)N1CC[C@@H]2[C@H]1C(=O)N2S(=O)(=O)O)c1ccccc1F.[H-].[Na+]. The van der Waals surface area contributed by atoms with Crippen LogP contribution in [-0.4, -0.2) is 52.6 Å². The summed E-state index contributed by atoms with van der Waals surface area (Å²) < 4.78 is 45.3. The zero-order valence-corrected chi connectivity index (χ0v) is 15.6. The van der Waals surface area contributed by atoms with Crippen molar-refractivity contribution in [1.82, 2.24) is 9.21 Å². The predicted molar refractivity (Wildman–Crippen MR) is 76.7 cm³/mol. The molecule has 0 aromatic heterocycles. The Labute approximate surface area is 161 Å². The molecule has 2 aliphatic heterocycles. The average molecular weight is 367 g/mol. The largest absolute Gasteiger partial charge is 1.00 e. The first kappa shape index (κ1) is 19.3. The minimum atomic E-state index is -4.64. The molecule has 2 saturated heterocycles. The Bertz CT molecular complexity index is 796. The number of amides is 2. The van der Waals surface area contributed by atoms with Crippen molar-refractivity contribution in [3.05, 3.63) is 35.6 Å². The van der Waals surface area contributed by atoms with Crippen molar-refractivity contribution in [1.29, 1.82) is 0 Å². The molecule has 1 aromatic carbocycles. The van der Waals surface area contributed by atoms with Crippen LogP contribution in [0.15, 0.2) is 24.3 Å². The van der Waals surface area contributed by atoms with E-state index in [4.69, 9.17) is 10.3 Å². The first-order valence-corrected chi connectivity index (χ1v) is 8.24. The van der Waals surface area contributed by atoms with Gasteiger partial charge in [0.1, 0.15) is 17.9 Å². The molecular weight excluding hydrogens is 352 g/mol. The molecule has 11 heteroatoms. The Balaban J connectivity index is 0.00000156. The van der Waals surface area contributed by atoms with E-state index < -0.39 is 46.1 Å². The summed E-state index contributed by atoms with van der Waals surface area (Å²) >= 11 is 0. The molecule has 8 nitrogen and oxygen atoms in total. The number of nitrogens with two attached hydrogens (primary N) is 1. The van der Waals surface area contributed by atoms with Crippen molar-refractivity contribution in [2.45, 2.75) is 24.5 Å². The fourth-order valence-corrected chi connectivity index (χ4v) is 4.00. The van der Waals surface area contributed by atoms with Crippen LogP contribution >= 0.6 is 0 Å². The van der Waals surface area contributed by atoms with Gasteiger partial charge in [-0.05, 0) is 12.5 Å². The molecule has 24 heavy (non-hydrogen) atoms. The third-order valence-electron chi connectivity index (χ3n) is 4.18. The second-order valence-electron chi connectivity index (χ2n) is 5.44. The Hall–Kier alpha value is -1.04. The first-order valence-electron chi connectivity index (χ1n) is 6.84. The van der Waals surface area contributed by atoms with E-state index in [1.807, 2.05) is 0 Å². The van der Waals surface area contributed by atoms with E-state index in [1.165, 1.54) is 24.3 Å². The summed E-state index contributed by atoms with van der Waals surface area (Å²) in [4.78, 5) is 25.5. The number of likely N-dealkylation sites (tertiary alicyclic amines) is 1. The van der Waals surface area contributed by atoms with Crippen LogP contribution in [0.3, 0.4) is 0 Å². The third kappa shape index (κ3) is 2.98. The van der Waals surface area contributed by atoms with Crippen LogP contribution in [0.2, 0.25) is 0 Å². The fraction of sp³-hybridized carbons (Fsp3) is 0.385. The van der Waals surface area contributed by atoms with Crippen molar-refractivity contribution in [2.75, 3.05) is 6.54 Å². The van der Waals surface area contributed by atoms with Gasteiger partial charge in [-0.3, -0.25) is 14.1 Å². The maximum absolute atomic E-state index is 13.7. The van der Waals surface area contributed by atoms with Crippen LogP contribution in [-0.2, 0) is 19.9 Å². The van der Waals surface area contributed by atoms with Gasteiger partial charge in [0.25, 0.3) is 5.91 Å². The second kappa shape index (κ2) is 6.70. The van der Waals surface area contributed by atoms with Crippen LogP contribution in [0.1, 0.15) is 19.5 Å². The molecule has 0 spiro atoms. The van der Waals surface area contributed by atoms with Crippen LogP contribution in [0.5, 0.6) is 0 Å². The van der Waals surface area contributed by atoms with Gasteiger partial charge in [0.2, 0.25) is 5.91 Å². The molecule has 3 rings (SSSR count). The molecule has 0 radical (unpaired) electrons. The van der Waals surface area contributed by atoms with E-state index in [0.717, 1.165) is 4.90 Å². The molecule has 2 amide bonds. The molecule has 0 bridgehead atoms. The third-order valence-corrected chi connectivity index (χ3v) is 5.12. The molecule has 3 N–H and O–H groups in total. The maximum atomic E-state index is 13.7. The maximum Gasteiger partial charge on any atom is 1.00 e. The van der Waals surface area contributed by atoms with Crippen LogP contribution < -0.4 is 35.3 Å². The molecular formula is C13H15FN3NaO5S. The molecule has 126 valence electrons. The van der Waals surface area contributed by atoms with Gasteiger partial charge in [0, 0.05) is 12.1 Å². The standard InChI is InChI=1S/C13H14FN3O5S.Na.H/c14-8-4-2-1-3-7(8)10(15)12(18)16-6-5-9-11(16)13(19)17(9)23(20,21)22;;/h1-4,9-11H,5-6,15H2,(H,20,21,22);;/q;+1;-1/t9-,10?,11+;;/m1../s1. The van der Waals surface area contributed by atoms with E-state index >= 15 is 0 Å². The Morgan fingerprint density at radius 1 is 1.42 bits per heavy atom. The van der Waals surface area contributed by atoms with Crippen molar-refractivity contribution in [3.63, 3.8) is 0 Å². The van der Waals surface area contributed by atoms with Gasteiger partial charge in [0.15, 0.2) is 0 Å². The zero-order valence-electron chi connectivity index (χ0n) is 13.8. The fourth-order valence-electron chi connectivity index (χ4n) is 3.10. The zero-order chi connectivity index (χ0) is 16.9. The molecule has 2 aliphatic rings. The number of benzene rings is 1. The number of carbonyl (C=O) groups excluding carboxylic acids is 2. The van der Waals surface area contributed by atoms with E-state index in [0.29, 0.717) is 4.31 Å². The average Bonchev–Trinajstić information content (AvgIpc) is 2.83. The number of hydrogen-bond acceptors (Lipinski definition) is 5. The quantitative estimate of drug-likeness (QED) is 0.326. The number of halogens is 1. The normalized spacial score (nSPS) is 24.0. The minimum absolute atomic E-state index is 0. The Morgan fingerprint density at radius 2 is 2.04 bits per heavy atom. The number of fused-ring (bicyclic) bond motifs is 1. The van der Waals surface area contributed by atoms with Crippen LogP contribution in [0, 0.1) is 5.82 Å². The summed E-state index contributed by atoms with van der Waals surface area (Å²) in [5.74, 6) is -2.18. The molecule has 0 saturated carbocycles. The number of carbonyl (C=O) groups is 2. The van der Waals surface area contributed by atoms with Gasteiger partial charge in [0.05, 0.1) is 6.04 Å². The van der Waals surface area contributed by atoms with E-state index in [2.05, 4.69) is 0 Å². The summed E-state index contributed by atoms with van der Waals surface area (Å²) in [6.45, 7) is 0.105. The van der Waals surface area contributed by atoms with E-state index in [1.54, 1.807) is 0 Å². The van der Waals surface area contributed by atoms with E-state index in [-0.39, 0.29) is 49.5 Å². The number of β-lactam (4-membered cyclic amide) rings is 1. The number of nitrogens with zero attached hydrogens (tertiary/aromatic N) is 2. The van der Waals surface area contributed by atoms with E-state index in [9.17, 15) is 22.4 Å². The summed E-state index contributed by atoms with van der Waals surface area (Å²) in [5, 5.41) is 0. The minimum Gasteiger partial charge on any atom is -1.00 e. The predicted octanol–water partition coefficient (Wildman–Crippen LogP) is -3.44. The van der Waals surface area contributed by atoms with Crippen molar-refractivity contribution in [2.24, 2.45) is 5.73 Å². The first-order chi connectivity index (χ1) is 10.7. The van der Waals surface area contributed by atoms with Crippen LogP contribution in [0.4, 0.5) is 4.39 Å². The summed E-state index contributed by atoms with van der Waals surface area (Å²) in [5.41, 5.74) is 5.79. The molecule has 1 aromatic rings. The number of hydrogen-bond donors (Lipinski definition) is 2. The molecule has 2 heterocycles. The second-order valence-corrected chi connectivity index (χ2v) is 6.73. The summed E-state index contributed by atoms with van der Waals surface area (Å²) in [6, 6.07) is 2.47. The Kier molecular flexibility index (Phi) is 5.38. The van der Waals surface area contributed by atoms with Gasteiger partial charge < -0.3 is 12.1 Å². The van der Waals surface area contributed by atoms with Gasteiger partial charge in [-0.2, -0.15) is 8.42 Å². The van der Waals surface area contributed by atoms with Gasteiger partial charge in [-0.15, -0.1) is 0 Å². The smallest absolute Gasteiger partial charge is 1.00 e. The monoisotopic (exact) mass is 367 g/mol. The Morgan fingerprint density at radius 3 is 2.62 bits per heavy atom. The van der Waals surface area contributed by atoms with Crippen molar-refractivity contribution < 1.29 is 57.9 Å². The molecule has 3 atom stereocenters. The van der Waals surface area contributed by atoms with Crippen molar-refractivity contribution >= 4 is 22.1 Å². The van der Waals surface area contributed by atoms with Gasteiger partial charge in [-0.1, -0.05) is 18.2 Å². The van der Waals surface area contributed by atoms with Crippen LogP contribution in [0.25, 0.3) is 0 Å². The summed E-state index contributed by atoms with van der Waals surface area (Å²) in [7, 11) is -4.64. The van der Waals surface area contributed by atoms with Gasteiger partial charge >= 0.3 is 39.9 Å². The molecule has 1 unspecified atom stereocenters. The number of rotatable bonds is 3. The topological polar surface area (TPSA) is 121 Å². The van der Waals surface area contributed by atoms with Gasteiger partial charge in [-0.25, -0.2) is 8.70 Å². The molecule has 2 fully saturated rings. The molecule has 0 aliphatic carbocycles.